The predicted octanol–water partition coefficient (Wildman–Crippen LogP) is 4.09. The maximum atomic E-state index is 12.4. The van der Waals surface area contributed by atoms with Crippen molar-refractivity contribution in [2.24, 2.45) is 5.92 Å². The standard InChI is InChI=1S/C25H27N5O/c1-25(2,16-26)19-7-5-17(6-8-19)21-15-20-22(9-10-27-23(20)28-21)29-11-13-30(14-12-29)24(31)18-3-4-18/h5-10,15,18H,3-4,11-14H2,1-2H3,(H,27,28). The molecule has 0 radical (unpaired) electrons. The van der Waals surface area contributed by atoms with Crippen molar-refractivity contribution in [1.82, 2.24) is 14.9 Å². The van der Waals surface area contributed by atoms with Crippen LogP contribution in [-0.4, -0.2) is 47.0 Å². The summed E-state index contributed by atoms with van der Waals surface area (Å²) in [4.78, 5) is 24.7. The number of piperazine rings is 1. The van der Waals surface area contributed by atoms with E-state index >= 15 is 0 Å². The monoisotopic (exact) mass is 413 g/mol. The van der Waals surface area contributed by atoms with Crippen LogP contribution in [-0.2, 0) is 10.2 Å². The molecule has 3 aromatic rings. The van der Waals surface area contributed by atoms with Gasteiger partial charge in [-0.05, 0) is 49.9 Å². The molecule has 0 spiro atoms. The van der Waals surface area contributed by atoms with Gasteiger partial charge in [-0.1, -0.05) is 24.3 Å². The zero-order chi connectivity index (χ0) is 21.6. The van der Waals surface area contributed by atoms with E-state index in [0.717, 1.165) is 72.6 Å². The molecule has 2 aliphatic rings. The van der Waals surface area contributed by atoms with Crippen molar-refractivity contribution in [2.75, 3.05) is 31.1 Å². The Morgan fingerprint density at radius 2 is 1.84 bits per heavy atom. The molecule has 1 aliphatic carbocycles. The molecule has 6 heteroatoms. The van der Waals surface area contributed by atoms with Crippen LogP contribution in [0.2, 0.25) is 0 Å². The number of fused-ring (bicyclic) bond motifs is 1. The molecule has 1 saturated heterocycles. The minimum atomic E-state index is -0.503. The van der Waals surface area contributed by atoms with Crippen LogP contribution < -0.4 is 4.90 Å². The summed E-state index contributed by atoms with van der Waals surface area (Å²) in [5.74, 6) is 0.628. The Bertz CT molecular complexity index is 1160. The molecule has 158 valence electrons. The molecule has 31 heavy (non-hydrogen) atoms. The SMILES string of the molecule is CC(C)(C#N)c1ccc(-c2cc3c(N4CCN(C(=O)C5CC5)CC4)ccnc3[nH]2)cc1. The van der Waals surface area contributed by atoms with Gasteiger partial charge in [0, 0.05) is 55.1 Å². The second kappa shape index (κ2) is 7.42. The number of benzene rings is 1. The largest absolute Gasteiger partial charge is 0.367 e. The summed E-state index contributed by atoms with van der Waals surface area (Å²) in [7, 11) is 0. The second-order valence-corrected chi connectivity index (χ2v) is 9.18. The lowest BCUT2D eigenvalue weighted by Crippen LogP contribution is -2.49. The summed E-state index contributed by atoms with van der Waals surface area (Å²) >= 11 is 0. The second-order valence-electron chi connectivity index (χ2n) is 9.18. The summed E-state index contributed by atoms with van der Waals surface area (Å²) in [6.07, 6.45) is 3.97. The smallest absolute Gasteiger partial charge is 0.225 e. The van der Waals surface area contributed by atoms with Crippen LogP contribution >= 0.6 is 0 Å². The van der Waals surface area contributed by atoms with Crippen molar-refractivity contribution >= 4 is 22.6 Å². The van der Waals surface area contributed by atoms with E-state index in [1.54, 1.807) is 0 Å². The fourth-order valence-electron chi connectivity index (χ4n) is 4.33. The van der Waals surface area contributed by atoms with Crippen LogP contribution in [0, 0.1) is 17.2 Å². The lowest BCUT2D eigenvalue weighted by molar-refractivity contribution is -0.132. The van der Waals surface area contributed by atoms with Crippen molar-refractivity contribution in [3.63, 3.8) is 0 Å². The van der Waals surface area contributed by atoms with E-state index in [4.69, 9.17) is 0 Å². The van der Waals surface area contributed by atoms with Crippen LogP contribution in [0.3, 0.4) is 0 Å². The van der Waals surface area contributed by atoms with Crippen LogP contribution in [0.25, 0.3) is 22.3 Å². The van der Waals surface area contributed by atoms with E-state index in [-0.39, 0.29) is 5.92 Å². The Morgan fingerprint density at radius 3 is 2.48 bits per heavy atom. The van der Waals surface area contributed by atoms with Gasteiger partial charge in [-0.3, -0.25) is 4.79 Å². The van der Waals surface area contributed by atoms with Gasteiger partial charge in [0.05, 0.1) is 11.5 Å². The normalized spacial score (nSPS) is 17.1. The fraction of sp³-hybridized carbons (Fsp3) is 0.400. The molecule has 6 nitrogen and oxygen atoms in total. The van der Waals surface area contributed by atoms with Crippen LogP contribution in [0.5, 0.6) is 0 Å². The lowest BCUT2D eigenvalue weighted by Gasteiger charge is -2.36. The molecular weight excluding hydrogens is 386 g/mol. The number of aromatic amines is 1. The number of rotatable bonds is 4. The Kier molecular flexibility index (Phi) is 4.70. The number of H-pyrrole nitrogens is 1. The van der Waals surface area contributed by atoms with E-state index in [9.17, 15) is 10.1 Å². The topological polar surface area (TPSA) is 76.0 Å². The average Bonchev–Trinajstić information content (AvgIpc) is 3.56. The number of aromatic nitrogens is 2. The molecule has 1 saturated carbocycles. The molecule has 1 N–H and O–H groups in total. The molecule has 0 bridgehead atoms. The van der Waals surface area contributed by atoms with Crippen molar-refractivity contribution in [1.29, 1.82) is 5.26 Å². The highest BCUT2D eigenvalue weighted by atomic mass is 16.2. The zero-order valence-electron chi connectivity index (χ0n) is 18.1. The summed E-state index contributed by atoms with van der Waals surface area (Å²) in [5, 5.41) is 10.5. The Labute approximate surface area is 182 Å². The average molecular weight is 414 g/mol. The summed E-state index contributed by atoms with van der Waals surface area (Å²) < 4.78 is 0. The Balaban J connectivity index is 1.38. The van der Waals surface area contributed by atoms with Gasteiger partial charge in [0.25, 0.3) is 0 Å². The number of nitriles is 1. The molecular formula is C25H27N5O. The van der Waals surface area contributed by atoms with Gasteiger partial charge in [0.1, 0.15) is 5.65 Å². The molecule has 0 atom stereocenters. The number of carbonyl (C=O) groups is 1. The minimum Gasteiger partial charge on any atom is -0.367 e. The van der Waals surface area contributed by atoms with E-state index < -0.39 is 5.41 Å². The van der Waals surface area contributed by atoms with Gasteiger partial charge in [0.15, 0.2) is 0 Å². The van der Waals surface area contributed by atoms with E-state index in [1.165, 1.54) is 0 Å². The summed E-state index contributed by atoms with van der Waals surface area (Å²) in [6, 6.07) is 14.7. The van der Waals surface area contributed by atoms with Crippen LogP contribution in [0.4, 0.5) is 5.69 Å². The number of hydrogen-bond acceptors (Lipinski definition) is 4. The maximum Gasteiger partial charge on any atom is 0.225 e. The molecule has 3 heterocycles. The van der Waals surface area contributed by atoms with Crippen molar-refractivity contribution in [2.45, 2.75) is 32.1 Å². The van der Waals surface area contributed by atoms with Crippen molar-refractivity contribution in [3.8, 4) is 17.3 Å². The van der Waals surface area contributed by atoms with E-state index in [1.807, 2.05) is 37.1 Å². The van der Waals surface area contributed by atoms with E-state index in [2.05, 4.69) is 45.2 Å². The van der Waals surface area contributed by atoms with Gasteiger partial charge >= 0.3 is 0 Å². The number of hydrogen-bond donors (Lipinski definition) is 1. The highest BCUT2D eigenvalue weighted by Gasteiger charge is 2.34. The first-order valence-electron chi connectivity index (χ1n) is 11.0. The first-order chi connectivity index (χ1) is 15.0. The number of nitrogens with zero attached hydrogens (tertiary/aromatic N) is 4. The minimum absolute atomic E-state index is 0.288. The number of amides is 1. The molecule has 1 aliphatic heterocycles. The third-order valence-corrected chi connectivity index (χ3v) is 6.56. The first kappa shape index (κ1) is 19.6. The molecule has 1 aromatic carbocycles. The van der Waals surface area contributed by atoms with Gasteiger partial charge in [-0.15, -0.1) is 0 Å². The van der Waals surface area contributed by atoms with Gasteiger partial charge in [0.2, 0.25) is 5.91 Å². The number of pyridine rings is 1. The number of nitrogens with one attached hydrogen (secondary N) is 1. The summed E-state index contributed by atoms with van der Waals surface area (Å²) in [6.45, 7) is 7.11. The Morgan fingerprint density at radius 1 is 1.13 bits per heavy atom. The highest BCUT2D eigenvalue weighted by Crippen LogP contribution is 2.34. The van der Waals surface area contributed by atoms with Gasteiger partial charge < -0.3 is 14.8 Å². The third kappa shape index (κ3) is 3.65. The van der Waals surface area contributed by atoms with Gasteiger partial charge in [-0.2, -0.15) is 5.26 Å². The quantitative estimate of drug-likeness (QED) is 0.699. The molecule has 1 amide bonds. The maximum absolute atomic E-state index is 12.4. The van der Waals surface area contributed by atoms with Gasteiger partial charge in [-0.25, -0.2) is 4.98 Å². The Hall–Kier alpha value is -3.33. The third-order valence-electron chi connectivity index (χ3n) is 6.56. The zero-order valence-corrected chi connectivity index (χ0v) is 18.1. The molecule has 5 rings (SSSR count). The van der Waals surface area contributed by atoms with E-state index in [0.29, 0.717) is 5.91 Å². The predicted molar refractivity (Wildman–Crippen MR) is 122 cm³/mol. The highest BCUT2D eigenvalue weighted by molar-refractivity contribution is 5.94. The van der Waals surface area contributed by atoms with Crippen molar-refractivity contribution < 1.29 is 4.79 Å². The lowest BCUT2D eigenvalue weighted by atomic mass is 9.86. The molecule has 0 unspecified atom stereocenters. The molecule has 2 fully saturated rings. The number of carbonyl (C=O) groups excluding carboxylic acids is 1. The molecule has 2 aromatic heterocycles. The fourth-order valence-corrected chi connectivity index (χ4v) is 4.33. The van der Waals surface area contributed by atoms with Crippen LogP contribution in [0.15, 0.2) is 42.6 Å². The van der Waals surface area contributed by atoms with Crippen molar-refractivity contribution in [3.05, 3.63) is 48.2 Å². The first-order valence-corrected chi connectivity index (χ1v) is 11.0. The number of anilines is 1. The van der Waals surface area contributed by atoms with Crippen LogP contribution in [0.1, 0.15) is 32.3 Å². The summed E-state index contributed by atoms with van der Waals surface area (Å²) in [5.41, 5.74) is 4.61.